The molecule has 2 aromatic carbocycles. The zero-order valence-corrected chi connectivity index (χ0v) is 16.9. The highest BCUT2D eigenvalue weighted by molar-refractivity contribution is 7.87. The Morgan fingerprint density at radius 2 is 1.79 bits per heavy atom. The molecular weight excluding hydrogens is 374 g/mol. The largest absolute Gasteiger partial charge is 0.469 e. The first kappa shape index (κ1) is 19.8. The molecule has 28 heavy (non-hydrogen) atoms. The van der Waals surface area contributed by atoms with Crippen LogP contribution in [0, 0.1) is 0 Å². The lowest BCUT2D eigenvalue weighted by molar-refractivity contribution is -0.141. The van der Waals surface area contributed by atoms with Crippen molar-refractivity contribution in [1.29, 1.82) is 0 Å². The average Bonchev–Trinajstić information content (AvgIpc) is 3.38. The maximum absolute atomic E-state index is 13.1. The minimum atomic E-state index is -1.37. The molecule has 0 spiro atoms. The number of imidazole rings is 1. The van der Waals surface area contributed by atoms with Crippen LogP contribution in [0.1, 0.15) is 31.9 Å². The van der Waals surface area contributed by atoms with E-state index in [1.54, 1.807) is 16.8 Å². The fourth-order valence-corrected chi connectivity index (χ4v) is 4.70. The number of carbonyl (C=O) groups is 1. The molecule has 3 aromatic rings. The summed E-state index contributed by atoms with van der Waals surface area (Å²) in [5.74, 6) is -0.330. The number of ether oxygens (including phenoxy) is 1. The summed E-state index contributed by atoms with van der Waals surface area (Å²) < 4.78 is 21.6. The molecule has 2 heterocycles. The van der Waals surface area contributed by atoms with Gasteiger partial charge < -0.3 is 9.30 Å². The van der Waals surface area contributed by atoms with Crippen LogP contribution in [0.5, 0.6) is 0 Å². The first-order valence-electron chi connectivity index (χ1n) is 9.14. The SMILES string of the molecule is CC.COC(=O)CC1c2ccccc2S(=O)N1c1ccc(-n2ccnc2)cc1. The topological polar surface area (TPSA) is 64.4 Å². The lowest BCUT2D eigenvalue weighted by Gasteiger charge is -2.25. The third-order valence-corrected chi connectivity index (χ3v) is 5.99. The van der Waals surface area contributed by atoms with Gasteiger partial charge in [0.05, 0.1) is 36.5 Å². The second-order valence-electron chi connectivity index (χ2n) is 5.90. The standard InChI is InChI=1S/C19H17N3O3S.C2H6/c1-25-19(23)12-17-16-4-2-3-5-18(16)26(24)22(17)15-8-6-14(7-9-15)21-11-10-20-13-21;1-2/h2-11,13,17H,12H2,1H3;1-2H3. The summed E-state index contributed by atoms with van der Waals surface area (Å²) in [7, 11) is -0.00646. The van der Waals surface area contributed by atoms with E-state index in [1.165, 1.54) is 7.11 Å². The monoisotopic (exact) mass is 397 g/mol. The number of esters is 1. The van der Waals surface area contributed by atoms with Crippen LogP contribution in [-0.4, -0.2) is 26.8 Å². The van der Waals surface area contributed by atoms with E-state index in [1.807, 2.05) is 73.1 Å². The van der Waals surface area contributed by atoms with Crippen molar-refractivity contribution in [2.45, 2.75) is 31.2 Å². The number of nitrogens with zero attached hydrogens (tertiary/aromatic N) is 3. The Labute approximate surface area is 167 Å². The molecule has 0 saturated heterocycles. The number of carbonyl (C=O) groups excluding carboxylic acids is 1. The summed E-state index contributed by atoms with van der Waals surface area (Å²) in [6.45, 7) is 4.00. The van der Waals surface area contributed by atoms with Gasteiger partial charge in [-0.3, -0.25) is 9.10 Å². The predicted molar refractivity (Wildman–Crippen MR) is 110 cm³/mol. The van der Waals surface area contributed by atoms with Gasteiger partial charge in [-0.1, -0.05) is 32.0 Å². The van der Waals surface area contributed by atoms with Gasteiger partial charge in [0.15, 0.2) is 11.0 Å². The molecule has 4 rings (SSSR count). The molecule has 0 bridgehead atoms. The Kier molecular flexibility index (Phi) is 6.26. The van der Waals surface area contributed by atoms with E-state index in [0.717, 1.165) is 21.8 Å². The molecule has 6 nitrogen and oxygen atoms in total. The van der Waals surface area contributed by atoms with E-state index in [4.69, 9.17) is 4.74 Å². The smallest absolute Gasteiger partial charge is 0.307 e. The summed E-state index contributed by atoms with van der Waals surface area (Å²) in [4.78, 5) is 16.7. The Hall–Kier alpha value is -2.93. The van der Waals surface area contributed by atoms with Gasteiger partial charge in [-0.15, -0.1) is 0 Å². The highest BCUT2D eigenvalue weighted by Gasteiger charge is 2.38. The first-order valence-corrected chi connectivity index (χ1v) is 10.2. The van der Waals surface area contributed by atoms with Crippen LogP contribution in [0.3, 0.4) is 0 Å². The zero-order valence-electron chi connectivity index (χ0n) is 16.1. The molecule has 2 atom stereocenters. The second-order valence-corrected chi connectivity index (χ2v) is 7.23. The molecule has 1 aliphatic rings. The Morgan fingerprint density at radius 3 is 2.43 bits per heavy atom. The summed E-state index contributed by atoms with van der Waals surface area (Å²) in [5, 5.41) is 0. The highest BCUT2D eigenvalue weighted by atomic mass is 32.2. The summed E-state index contributed by atoms with van der Waals surface area (Å²) in [5.41, 5.74) is 2.64. The molecule has 1 aliphatic heterocycles. The lowest BCUT2D eigenvalue weighted by Crippen LogP contribution is -2.26. The molecule has 0 aliphatic carbocycles. The van der Waals surface area contributed by atoms with E-state index in [-0.39, 0.29) is 18.4 Å². The van der Waals surface area contributed by atoms with Crippen molar-refractivity contribution in [1.82, 2.24) is 9.55 Å². The molecule has 0 fully saturated rings. The molecule has 0 radical (unpaired) electrons. The molecule has 0 saturated carbocycles. The molecular formula is C21H23N3O3S. The van der Waals surface area contributed by atoms with Crippen molar-refractivity contribution in [3.8, 4) is 5.69 Å². The summed E-state index contributed by atoms with van der Waals surface area (Å²) in [6, 6.07) is 14.9. The van der Waals surface area contributed by atoms with Gasteiger partial charge in [0, 0.05) is 18.1 Å². The van der Waals surface area contributed by atoms with Crippen LogP contribution < -0.4 is 4.31 Å². The Balaban J connectivity index is 0.00000109. The second kappa shape index (κ2) is 8.84. The molecule has 0 amide bonds. The van der Waals surface area contributed by atoms with E-state index >= 15 is 0 Å². The van der Waals surface area contributed by atoms with Gasteiger partial charge in [-0.2, -0.15) is 0 Å². The average molecular weight is 398 g/mol. The molecule has 0 N–H and O–H groups in total. The van der Waals surface area contributed by atoms with Crippen molar-refractivity contribution in [3.05, 3.63) is 72.8 Å². The lowest BCUT2D eigenvalue weighted by atomic mass is 10.0. The zero-order chi connectivity index (χ0) is 20.1. The highest BCUT2D eigenvalue weighted by Crippen LogP contribution is 2.42. The maximum atomic E-state index is 13.1. The van der Waals surface area contributed by atoms with E-state index < -0.39 is 11.0 Å². The van der Waals surface area contributed by atoms with Crippen LogP contribution in [0.4, 0.5) is 5.69 Å². The van der Waals surface area contributed by atoms with Crippen molar-refractivity contribution in [2.75, 3.05) is 11.4 Å². The van der Waals surface area contributed by atoms with Crippen LogP contribution in [0.15, 0.2) is 72.1 Å². The van der Waals surface area contributed by atoms with Crippen molar-refractivity contribution in [3.63, 3.8) is 0 Å². The number of aromatic nitrogens is 2. The van der Waals surface area contributed by atoms with Crippen molar-refractivity contribution >= 4 is 22.6 Å². The number of hydrogen-bond acceptors (Lipinski definition) is 4. The van der Waals surface area contributed by atoms with E-state index in [9.17, 15) is 9.00 Å². The minimum Gasteiger partial charge on any atom is -0.469 e. The summed E-state index contributed by atoms with van der Waals surface area (Å²) in [6.07, 6.45) is 5.44. The van der Waals surface area contributed by atoms with Gasteiger partial charge in [0.25, 0.3) is 0 Å². The van der Waals surface area contributed by atoms with E-state index in [2.05, 4.69) is 4.98 Å². The normalized spacial score (nSPS) is 17.5. The molecule has 1 aromatic heterocycles. The number of anilines is 1. The Morgan fingerprint density at radius 1 is 1.11 bits per heavy atom. The maximum Gasteiger partial charge on any atom is 0.307 e. The first-order chi connectivity index (χ1) is 13.7. The third kappa shape index (κ3) is 3.71. The van der Waals surface area contributed by atoms with Gasteiger partial charge in [0.2, 0.25) is 0 Å². The number of methoxy groups -OCH3 is 1. The molecule has 146 valence electrons. The minimum absolute atomic E-state index is 0.141. The van der Waals surface area contributed by atoms with Gasteiger partial charge >= 0.3 is 5.97 Å². The van der Waals surface area contributed by atoms with Crippen molar-refractivity contribution < 1.29 is 13.7 Å². The number of rotatable bonds is 4. The Bertz CT molecular complexity index is 955. The molecule has 2 unspecified atom stereocenters. The summed E-state index contributed by atoms with van der Waals surface area (Å²) >= 11 is 0. The van der Waals surface area contributed by atoms with Gasteiger partial charge in [-0.05, 0) is 35.9 Å². The van der Waals surface area contributed by atoms with Crippen LogP contribution >= 0.6 is 0 Å². The number of hydrogen-bond donors (Lipinski definition) is 0. The van der Waals surface area contributed by atoms with Gasteiger partial charge in [-0.25, -0.2) is 9.19 Å². The number of fused-ring (bicyclic) bond motifs is 1. The predicted octanol–water partition coefficient (Wildman–Crippen LogP) is 4.05. The van der Waals surface area contributed by atoms with E-state index in [0.29, 0.717) is 0 Å². The van der Waals surface area contributed by atoms with Crippen molar-refractivity contribution in [2.24, 2.45) is 0 Å². The molecule has 7 heteroatoms. The fraction of sp³-hybridized carbons (Fsp3) is 0.238. The van der Waals surface area contributed by atoms with Crippen LogP contribution in [-0.2, 0) is 20.5 Å². The third-order valence-electron chi connectivity index (χ3n) is 4.42. The van der Waals surface area contributed by atoms with Gasteiger partial charge in [0.1, 0.15) is 0 Å². The number of benzene rings is 2. The quantitative estimate of drug-likeness (QED) is 0.623. The van der Waals surface area contributed by atoms with Crippen LogP contribution in [0.2, 0.25) is 0 Å². The fourth-order valence-electron chi connectivity index (χ4n) is 3.16. The van der Waals surface area contributed by atoms with Crippen LogP contribution in [0.25, 0.3) is 5.69 Å².